The van der Waals surface area contributed by atoms with Crippen molar-refractivity contribution in [2.45, 2.75) is 32.6 Å². The van der Waals surface area contributed by atoms with Gasteiger partial charge in [-0.2, -0.15) is 0 Å². The molecule has 0 N–H and O–H groups in total. The second-order valence-electron chi connectivity index (χ2n) is 4.61. The lowest BCUT2D eigenvalue weighted by molar-refractivity contribution is 0.120. The molecule has 1 nitrogen and oxygen atoms in total. The second kappa shape index (κ2) is 9.99. The Kier molecular flexibility index (Phi) is 8.99. The van der Waals surface area contributed by atoms with Gasteiger partial charge in [0.05, 0.1) is 0 Å². The standard InChI is InChI=1S/C15H22Br2O/c1-2-3-8-18-9-7-14(12-16)10-13-5-4-6-15(17)11-13/h4-6,11,14H,2-3,7-10,12H2,1H3. The first-order valence-electron chi connectivity index (χ1n) is 6.64. The molecular formula is C15H22Br2O. The quantitative estimate of drug-likeness (QED) is 0.424. The highest BCUT2D eigenvalue weighted by Crippen LogP contribution is 2.18. The van der Waals surface area contributed by atoms with Crippen LogP contribution >= 0.6 is 31.9 Å². The van der Waals surface area contributed by atoms with Crippen LogP contribution in [0.4, 0.5) is 0 Å². The Bertz CT molecular complexity index is 328. The molecule has 3 heteroatoms. The van der Waals surface area contributed by atoms with Gasteiger partial charge in [-0.15, -0.1) is 0 Å². The van der Waals surface area contributed by atoms with Crippen LogP contribution in [0.2, 0.25) is 0 Å². The van der Waals surface area contributed by atoms with E-state index in [1.165, 1.54) is 18.4 Å². The Morgan fingerprint density at radius 1 is 1.28 bits per heavy atom. The van der Waals surface area contributed by atoms with E-state index >= 15 is 0 Å². The van der Waals surface area contributed by atoms with Gasteiger partial charge in [-0.1, -0.05) is 57.3 Å². The molecule has 1 unspecified atom stereocenters. The van der Waals surface area contributed by atoms with Crippen molar-refractivity contribution in [1.82, 2.24) is 0 Å². The molecule has 1 atom stereocenters. The van der Waals surface area contributed by atoms with Gasteiger partial charge in [-0.3, -0.25) is 0 Å². The summed E-state index contributed by atoms with van der Waals surface area (Å²) < 4.78 is 6.80. The number of unbranched alkanes of at least 4 members (excludes halogenated alkanes) is 1. The first kappa shape index (κ1) is 16.2. The van der Waals surface area contributed by atoms with E-state index in [9.17, 15) is 0 Å². The highest BCUT2D eigenvalue weighted by molar-refractivity contribution is 9.10. The summed E-state index contributed by atoms with van der Waals surface area (Å²) in [5.41, 5.74) is 1.39. The summed E-state index contributed by atoms with van der Waals surface area (Å²) in [7, 11) is 0. The minimum absolute atomic E-state index is 0.654. The highest BCUT2D eigenvalue weighted by atomic mass is 79.9. The summed E-state index contributed by atoms with van der Waals surface area (Å²) in [5, 5.41) is 1.04. The van der Waals surface area contributed by atoms with Gasteiger partial charge in [0.25, 0.3) is 0 Å². The highest BCUT2D eigenvalue weighted by Gasteiger charge is 2.08. The smallest absolute Gasteiger partial charge is 0.0469 e. The minimum Gasteiger partial charge on any atom is -0.381 e. The zero-order valence-electron chi connectivity index (χ0n) is 11.0. The van der Waals surface area contributed by atoms with Crippen molar-refractivity contribution in [2.24, 2.45) is 5.92 Å². The molecule has 1 aromatic rings. The number of hydrogen-bond donors (Lipinski definition) is 0. The van der Waals surface area contributed by atoms with E-state index in [1.807, 2.05) is 0 Å². The van der Waals surface area contributed by atoms with Crippen LogP contribution in [0, 0.1) is 5.92 Å². The Labute approximate surface area is 128 Å². The van der Waals surface area contributed by atoms with Crippen LogP contribution < -0.4 is 0 Å². The van der Waals surface area contributed by atoms with Crippen molar-refractivity contribution in [3.63, 3.8) is 0 Å². The number of halogens is 2. The summed E-state index contributed by atoms with van der Waals surface area (Å²) in [6.07, 6.45) is 4.62. The van der Waals surface area contributed by atoms with E-state index in [0.29, 0.717) is 5.92 Å². The molecule has 0 saturated heterocycles. The first-order chi connectivity index (χ1) is 8.76. The van der Waals surface area contributed by atoms with Gasteiger partial charge in [-0.25, -0.2) is 0 Å². The van der Waals surface area contributed by atoms with Crippen molar-refractivity contribution in [3.8, 4) is 0 Å². The Balaban J connectivity index is 2.28. The molecule has 18 heavy (non-hydrogen) atoms. The van der Waals surface area contributed by atoms with E-state index in [0.717, 1.165) is 35.9 Å². The fraction of sp³-hybridized carbons (Fsp3) is 0.600. The number of hydrogen-bond acceptors (Lipinski definition) is 1. The number of alkyl halides is 1. The van der Waals surface area contributed by atoms with Gasteiger partial charge >= 0.3 is 0 Å². The van der Waals surface area contributed by atoms with Gasteiger partial charge in [0.2, 0.25) is 0 Å². The van der Waals surface area contributed by atoms with E-state index in [1.54, 1.807) is 0 Å². The molecule has 1 rings (SSSR count). The van der Waals surface area contributed by atoms with Gasteiger partial charge in [0.15, 0.2) is 0 Å². The Hall–Kier alpha value is 0.140. The molecule has 0 fully saturated rings. The van der Waals surface area contributed by atoms with Crippen LogP contribution in [-0.4, -0.2) is 18.5 Å². The summed E-state index contributed by atoms with van der Waals surface area (Å²) >= 11 is 7.13. The molecule has 0 aliphatic heterocycles. The summed E-state index contributed by atoms with van der Waals surface area (Å²) in [4.78, 5) is 0. The third-order valence-electron chi connectivity index (χ3n) is 2.94. The monoisotopic (exact) mass is 376 g/mol. The zero-order valence-corrected chi connectivity index (χ0v) is 14.2. The zero-order chi connectivity index (χ0) is 13.2. The lowest BCUT2D eigenvalue weighted by atomic mass is 9.98. The number of rotatable bonds is 9. The molecule has 0 spiro atoms. The SMILES string of the molecule is CCCCOCCC(CBr)Cc1cccc(Br)c1. The summed E-state index contributed by atoms with van der Waals surface area (Å²) in [6.45, 7) is 3.98. The average molecular weight is 378 g/mol. The average Bonchev–Trinajstić information content (AvgIpc) is 2.37. The van der Waals surface area contributed by atoms with E-state index in [4.69, 9.17) is 4.74 Å². The van der Waals surface area contributed by atoms with Crippen molar-refractivity contribution < 1.29 is 4.74 Å². The van der Waals surface area contributed by atoms with Crippen LogP contribution in [0.3, 0.4) is 0 Å². The van der Waals surface area contributed by atoms with Crippen LogP contribution in [0.25, 0.3) is 0 Å². The van der Waals surface area contributed by atoms with Crippen LogP contribution in [-0.2, 0) is 11.2 Å². The molecule has 1 aromatic carbocycles. The van der Waals surface area contributed by atoms with Crippen LogP contribution in [0.1, 0.15) is 31.7 Å². The van der Waals surface area contributed by atoms with Crippen LogP contribution in [0.5, 0.6) is 0 Å². The maximum absolute atomic E-state index is 5.64. The number of benzene rings is 1. The third kappa shape index (κ3) is 6.91. The topological polar surface area (TPSA) is 9.23 Å². The maximum Gasteiger partial charge on any atom is 0.0469 e. The van der Waals surface area contributed by atoms with Gasteiger partial charge < -0.3 is 4.74 Å². The maximum atomic E-state index is 5.64. The molecule has 0 aromatic heterocycles. The molecule has 0 aliphatic rings. The lowest BCUT2D eigenvalue weighted by Gasteiger charge is -2.14. The van der Waals surface area contributed by atoms with E-state index < -0.39 is 0 Å². The molecule has 0 heterocycles. The molecule has 0 amide bonds. The fourth-order valence-electron chi connectivity index (χ4n) is 1.83. The molecular weight excluding hydrogens is 356 g/mol. The summed E-state index contributed by atoms with van der Waals surface area (Å²) in [6, 6.07) is 8.56. The van der Waals surface area contributed by atoms with Crippen molar-refractivity contribution in [3.05, 3.63) is 34.3 Å². The van der Waals surface area contributed by atoms with E-state index in [2.05, 4.69) is 63.0 Å². The normalized spacial score (nSPS) is 12.6. The minimum atomic E-state index is 0.654. The molecule has 0 radical (unpaired) electrons. The fourth-order valence-corrected chi connectivity index (χ4v) is 2.83. The van der Waals surface area contributed by atoms with Gasteiger partial charge in [0.1, 0.15) is 0 Å². The first-order valence-corrected chi connectivity index (χ1v) is 8.55. The largest absolute Gasteiger partial charge is 0.381 e. The molecule has 0 saturated carbocycles. The van der Waals surface area contributed by atoms with Gasteiger partial charge in [-0.05, 0) is 42.9 Å². The lowest BCUT2D eigenvalue weighted by Crippen LogP contribution is -2.10. The van der Waals surface area contributed by atoms with Gasteiger partial charge in [0, 0.05) is 23.0 Å². The number of ether oxygens (including phenoxy) is 1. The van der Waals surface area contributed by atoms with E-state index in [-0.39, 0.29) is 0 Å². The molecule has 102 valence electrons. The Morgan fingerprint density at radius 2 is 2.11 bits per heavy atom. The predicted molar refractivity (Wildman–Crippen MR) is 85.5 cm³/mol. The molecule has 0 aliphatic carbocycles. The third-order valence-corrected chi connectivity index (χ3v) is 4.35. The van der Waals surface area contributed by atoms with Crippen molar-refractivity contribution >= 4 is 31.9 Å². The predicted octanol–water partition coefficient (Wildman–Crippen LogP) is 5.21. The second-order valence-corrected chi connectivity index (χ2v) is 6.17. The van der Waals surface area contributed by atoms with Crippen molar-refractivity contribution in [1.29, 1.82) is 0 Å². The summed E-state index contributed by atoms with van der Waals surface area (Å²) in [5.74, 6) is 0.654. The van der Waals surface area contributed by atoms with Crippen LogP contribution in [0.15, 0.2) is 28.7 Å². The van der Waals surface area contributed by atoms with Crippen molar-refractivity contribution in [2.75, 3.05) is 18.5 Å². The Morgan fingerprint density at radius 3 is 2.78 bits per heavy atom. The molecule has 0 bridgehead atoms.